The minimum absolute atomic E-state index is 0.298. The highest BCUT2D eigenvalue weighted by molar-refractivity contribution is 5.81. The molecule has 31 heavy (non-hydrogen) atoms. The van der Waals surface area contributed by atoms with Crippen molar-refractivity contribution >= 4 is 5.97 Å². The number of unbranched alkanes of at least 4 members (excludes halogenated alkanes) is 20. The first-order valence-electron chi connectivity index (χ1n) is 14.0. The van der Waals surface area contributed by atoms with Crippen LogP contribution < -0.4 is 0 Å². The van der Waals surface area contributed by atoms with Crippen LogP contribution in [0.1, 0.15) is 155 Å². The lowest BCUT2D eigenvalue weighted by atomic mass is 10.0. The zero-order valence-electron chi connectivity index (χ0n) is 21.4. The van der Waals surface area contributed by atoms with E-state index < -0.39 is 0 Å². The Kier molecular flexibility index (Phi) is 24.8. The van der Waals surface area contributed by atoms with Crippen molar-refractivity contribution in [3.05, 3.63) is 12.7 Å². The van der Waals surface area contributed by atoms with Crippen molar-refractivity contribution in [1.82, 2.24) is 0 Å². The van der Waals surface area contributed by atoms with Gasteiger partial charge in [-0.2, -0.15) is 0 Å². The average Bonchev–Trinajstić information content (AvgIpc) is 2.76. The molecule has 0 radical (unpaired) electrons. The molecule has 0 aromatic rings. The maximum atomic E-state index is 10.9. The van der Waals surface area contributed by atoms with Gasteiger partial charge in [0.15, 0.2) is 0 Å². The summed E-state index contributed by atoms with van der Waals surface area (Å²) in [6.45, 7) is 8.61. The van der Waals surface area contributed by atoms with Crippen molar-refractivity contribution in [3.63, 3.8) is 0 Å². The Morgan fingerprint density at radius 3 is 1.16 bits per heavy atom. The number of esters is 1. The van der Waals surface area contributed by atoms with Crippen molar-refractivity contribution < 1.29 is 9.53 Å². The molecular formula is C29H56O2. The third-order valence-corrected chi connectivity index (χ3v) is 6.34. The van der Waals surface area contributed by atoms with E-state index in [4.69, 9.17) is 4.74 Å². The summed E-state index contributed by atoms with van der Waals surface area (Å²) in [5.41, 5.74) is 0. The summed E-state index contributed by atoms with van der Waals surface area (Å²) in [6.07, 6.45) is 31.9. The summed E-state index contributed by atoms with van der Waals surface area (Å²) in [5.74, 6) is 0.587. The molecule has 0 unspecified atom stereocenters. The normalized spacial score (nSPS) is 11.2. The molecular weight excluding hydrogens is 380 g/mol. The zero-order chi connectivity index (χ0) is 22.8. The van der Waals surface area contributed by atoms with Crippen LogP contribution in [0.15, 0.2) is 12.7 Å². The molecule has 0 fully saturated rings. The molecule has 0 heterocycles. The van der Waals surface area contributed by atoms with E-state index in [1.165, 1.54) is 141 Å². The highest BCUT2D eigenvalue weighted by Gasteiger charge is 1.98. The number of carbonyl (C=O) groups is 1. The number of hydrogen-bond acceptors (Lipinski definition) is 2. The van der Waals surface area contributed by atoms with E-state index in [9.17, 15) is 4.79 Å². The molecule has 0 aliphatic heterocycles. The SMILES string of the molecule is C=CC(=O)OCCCCCCCCCCCCCCCCCCCCCCCC(C)C. The molecule has 184 valence electrons. The van der Waals surface area contributed by atoms with Crippen molar-refractivity contribution in [2.45, 2.75) is 155 Å². The molecule has 2 heteroatoms. The molecule has 0 aromatic heterocycles. The lowest BCUT2D eigenvalue weighted by Gasteiger charge is -2.05. The Morgan fingerprint density at radius 1 is 0.581 bits per heavy atom. The van der Waals surface area contributed by atoms with Gasteiger partial charge in [-0.1, -0.05) is 155 Å². The maximum absolute atomic E-state index is 10.9. The first kappa shape index (κ1) is 30.2. The van der Waals surface area contributed by atoms with Gasteiger partial charge in [0.1, 0.15) is 0 Å². The van der Waals surface area contributed by atoms with Crippen molar-refractivity contribution in [1.29, 1.82) is 0 Å². The molecule has 0 spiro atoms. The third-order valence-electron chi connectivity index (χ3n) is 6.34. The highest BCUT2D eigenvalue weighted by atomic mass is 16.5. The minimum atomic E-state index is -0.298. The fraction of sp³-hybridized carbons (Fsp3) is 0.897. The van der Waals surface area contributed by atoms with Crippen LogP contribution in [0.5, 0.6) is 0 Å². The number of rotatable bonds is 25. The Bertz CT molecular complexity index is 375. The van der Waals surface area contributed by atoms with Crippen LogP contribution in [0.25, 0.3) is 0 Å². The molecule has 2 nitrogen and oxygen atoms in total. The molecule has 0 N–H and O–H groups in total. The minimum Gasteiger partial charge on any atom is -0.463 e. The fourth-order valence-electron chi connectivity index (χ4n) is 4.25. The van der Waals surface area contributed by atoms with Gasteiger partial charge in [0.25, 0.3) is 0 Å². The summed E-state index contributed by atoms with van der Waals surface area (Å²) in [4.78, 5) is 10.9. The molecule has 0 aliphatic rings. The van der Waals surface area contributed by atoms with Crippen molar-refractivity contribution in [3.8, 4) is 0 Å². The summed E-state index contributed by atoms with van der Waals surface area (Å²) in [7, 11) is 0. The van der Waals surface area contributed by atoms with Gasteiger partial charge in [0.2, 0.25) is 0 Å². The monoisotopic (exact) mass is 436 g/mol. The van der Waals surface area contributed by atoms with Crippen molar-refractivity contribution in [2.24, 2.45) is 5.92 Å². The van der Waals surface area contributed by atoms with Gasteiger partial charge >= 0.3 is 5.97 Å². The predicted octanol–water partition coefficient (Wildman–Crippen LogP) is 9.95. The average molecular weight is 437 g/mol. The van der Waals surface area contributed by atoms with Gasteiger partial charge in [-0.05, 0) is 12.3 Å². The van der Waals surface area contributed by atoms with Crippen LogP contribution in [-0.4, -0.2) is 12.6 Å². The fourth-order valence-corrected chi connectivity index (χ4v) is 4.25. The topological polar surface area (TPSA) is 26.3 Å². The standard InChI is InChI=1S/C29H56O2/c1-4-29(30)31-27-25-23-21-19-17-15-13-11-9-7-5-6-8-10-12-14-16-18-20-22-24-26-28(2)3/h4,28H,1,5-27H2,2-3H3. The van der Waals surface area contributed by atoms with E-state index >= 15 is 0 Å². The van der Waals surface area contributed by atoms with E-state index in [1.54, 1.807) is 0 Å². The van der Waals surface area contributed by atoms with Gasteiger partial charge < -0.3 is 4.74 Å². The molecule has 0 aromatic carbocycles. The van der Waals surface area contributed by atoms with Gasteiger partial charge in [-0.15, -0.1) is 0 Å². The summed E-state index contributed by atoms with van der Waals surface area (Å²) in [6, 6.07) is 0. The molecule has 0 saturated heterocycles. The first-order valence-corrected chi connectivity index (χ1v) is 14.0. The third kappa shape index (κ3) is 27.2. The maximum Gasteiger partial charge on any atom is 0.330 e. The van der Waals surface area contributed by atoms with Gasteiger partial charge in [0.05, 0.1) is 6.61 Å². The molecule has 0 amide bonds. The van der Waals surface area contributed by atoms with E-state index in [2.05, 4.69) is 20.4 Å². The molecule has 0 rings (SSSR count). The lowest BCUT2D eigenvalue weighted by Crippen LogP contribution is -2.01. The molecule has 0 saturated carbocycles. The second-order valence-corrected chi connectivity index (χ2v) is 9.98. The summed E-state index contributed by atoms with van der Waals surface area (Å²) in [5, 5.41) is 0. The van der Waals surface area contributed by atoms with Gasteiger partial charge in [-0.3, -0.25) is 0 Å². The van der Waals surface area contributed by atoms with E-state index in [-0.39, 0.29) is 5.97 Å². The largest absolute Gasteiger partial charge is 0.463 e. The summed E-state index contributed by atoms with van der Waals surface area (Å²) >= 11 is 0. The Morgan fingerprint density at radius 2 is 0.871 bits per heavy atom. The van der Waals surface area contributed by atoms with E-state index in [0.717, 1.165) is 12.3 Å². The molecule has 0 bridgehead atoms. The quantitative estimate of drug-likeness (QED) is 0.0808. The van der Waals surface area contributed by atoms with Crippen LogP contribution in [0.3, 0.4) is 0 Å². The smallest absolute Gasteiger partial charge is 0.330 e. The van der Waals surface area contributed by atoms with Crippen LogP contribution in [0.4, 0.5) is 0 Å². The number of carbonyl (C=O) groups excluding carboxylic acids is 1. The van der Waals surface area contributed by atoms with E-state index in [0.29, 0.717) is 6.61 Å². The molecule has 0 atom stereocenters. The lowest BCUT2D eigenvalue weighted by molar-refractivity contribution is -0.137. The Hall–Kier alpha value is -0.790. The predicted molar refractivity (Wildman–Crippen MR) is 138 cm³/mol. The Balaban J connectivity index is 3.03. The first-order chi connectivity index (χ1) is 15.2. The second kappa shape index (κ2) is 25.5. The van der Waals surface area contributed by atoms with Gasteiger partial charge in [-0.25, -0.2) is 4.79 Å². The zero-order valence-corrected chi connectivity index (χ0v) is 21.4. The van der Waals surface area contributed by atoms with Crippen LogP contribution in [-0.2, 0) is 9.53 Å². The van der Waals surface area contributed by atoms with Crippen LogP contribution >= 0.6 is 0 Å². The number of hydrogen-bond donors (Lipinski definition) is 0. The van der Waals surface area contributed by atoms with Crippen molar-refractivity contribution in [2.75, 3.05) is 6.61 Å². The molecule has 0 aliphatic carbocycles. The summed E-state index contributed by atoms with van der Waals surface area (Å²) < 4.78 is 4.98. The van der Waals surface area contributed by atoms with Crippen LogP contribution in [0.2, 0.25) is 0 Å². The van der Waals surface area contributed by atoms with E-state index in [1.807, 2.05) is 0 Å². The highest BCUT2D eigenvalue weighted by Crippen LogP contribution is 2.15. The number of ether oxygens (including phenoxy) is 1. The van der Waals surface area contributed by atoms with Crippen LogP contribution in [0, 0.1) is 5.92 Å². The second-order valence-electron chi connectivity index (χ2n) is 9.98. The van der Waals surface area contributed by atoms with Gasteiger partial charge in [0, 0.05) is 6.08 Å². The Labute approximate surface area is 196 Å².